The quantitative estimate of drug-likeness (QED) is 0.491. The molecule has 0 aromatic heterocycles. The number of benzene rings is 2. The van der Waals surface area contributed by atoms with Gasteiger partial charge in [-0.1, -0.05) is 48.4 Å². The van der Waals surface area contributed by atoms with Crippen molar-refractivity contribution in [1.29, 1.82) is 0 Å². The van der Waals surface area contributed by atoms with E-state index in [0.29, 0.717) is 11.4 Å². The summed E-state index contributed by atoms with van der Waals surface area (Å²) in [5.74, 6) is -0.586. The SMILES string of the molecule is CCC(C(=O)NC(C)(C)C)N(Cc1cccc(C)c1)C(=O)CN(c1cc(Cl)ccc1OC)S(C)(=O)=O. The third-order valence-electron chi connectivity index (χ3n) is 5.41. The second kappa shape index (κ2) is 12.0. The number of carbonyl (C=O) groups is 2. The van der Waals surface area contributed by atoms with Crippen LogP contribution in [0.15, 0.2) is 42.5 Å². The zero-order chi connectivity index (χ0) is 27.3. The highest BCUT2D eigenvalue weighted by atomic mass is 35.5. The van der Waals surface area contributed by atoms with Crippen LogP contribution in [0.25, 0.3) is 0 Å². The number of methoxy groups -OCH3 is 1. The van der Waals surface area contributed by atoms with Crippen LogP contribution in [0.1, 0.15) is 45.2 Å². The summed E-state index contributed by atoms with van der Waals surface area (Å²) >= 11 is 6.14. The van der Waals surface area contributed by atoms with Crippen molar-refractivity contribution in [2.45, 2.75) is 59.2 Å². The molecule has 8 nitrogen and oxygen atoms in total. The molecule has 0 aliphatic rings. The van der Waals surface area contributed by atoms with Gasteiger partial charge in [0.1, 0.15) is 18.3 Å². The molecule has 1 N–H and O–H groups in total. The highest BCUT2D eigenvalue weighted by Gasteiger charge is 2.33. The van der Waals surface area contributed by atoms with Crippen LogP contribution in [0.3, 0.4) is 0 Å². The third kappa shape index (κ3) is 8.13. The maximum atomic E-state index is 13.8. The van der Waals surface area contributed by atoms with Crippen molar-refractivity contribution in [2.75, 3.05) is 24.2 Å². The molecule has 2 rings (SSSR count). The molecule has 0 spiro atoms. The summed E-state index contributed by atoms with van der Waals surface area (Å²) in [7, 11) is -2.50. The lowest BCUT2D eigenvalue weighted by atomic mass is 10.0. The van der Waals surface area contributed by atoms with Crippen molar-refractivity contribution in [3.63, 3.8) is 0 Å². The van der Waals surface area contributed by atoms with Crippen LogP contribution in [0, 0.1) is 6.92 Å². The van der Waals surface area contributed by atoms with Gasteiger partial charge in [0.2, 0.25) is 21.8 Å². The van der Waals surface area contributed by atoms with Crippen molar-refractivity contribution in [1.82, 2.24) is 10.2 Å². The molecule has 36 heavy (non-hydrogen) atoms. The number of anilines is 1. The van der Waals surface area contributed by atoms with Crippen molar-refractivity contribution < 1.29 is 22.7 Å². The van der Waals surface area contributed by atoms with E-state index >= 15 is 0 Å². The van der Waals surface area contributed by atoms with E-state index < -0.39 is 34.1 Å². The Morgan fingerprint density at radius 1 is 1.14 bits per heavy atom. The number of halogens is 1. The number of hydrogen-bond acceptors (Lipinski definition) is 5. The molecule has 1 atom stereocenters. The maximum absolute atomic E-state index is 13.8. The fourth-order valence-electron chi connectivity index (χ4n) is 3.83. The second-order valence-electron chi connectivity index (χ2n) is 9.76. The maximum Gasteiger partial charge on any atom is 0.244 e. The molecule has 10 heteroatoms. The molecular weight excluding hydrogens is 502 g/mol. The molecule has 0 saturated heterocycles. The lowest BCUT2D eigenvalue weighted by Gasteiger charge is -2.34. The summed E-state index contributed by atoms with van der Waals surface area (Å²) in [6.07, 6.45) is 1.36. The molecule has 0 aliphatic heterocycles. The number of nitrogens with zero attached hydrogens (tertiary/aromatic N) is 2. The van der Waals surface area contributed by atoms with Crippen LogP contribution in [0.4, 0.5) is 5.69 Å². The predicted octanol–water partition coefficient (Wildman–Crippen LogP) is 4.15. The van der Waals surface area contributed by atoms with Gasteiger partial charge in [-0.15, -0.1) is 0 Å². The molecule has 2 amide bonds. The van der Waals surface area contributed by atoms with E-state index in [4.69, 9.17) is 16.3 Å². The second-order valence-corrected chi connectivity index (χ2v) is 12.1. The zero-order valence-corrected chi connectivity index (χ0v) is 23.5. The standard InChI is InChI=1S/C26H36ClN3O5S/c1-8-21(25(32)28-26(3,4)5)29(16-19-11-9-10-18(2)14-19)24(31)17-30(36(7,33)34)22-15-20(27)12-13-23(22)35-6/h9-15,21H,8,16-17H2,1-7H3,(H,28,32). The minimum Gasteiger partial charge on any atom is -0.495 e. The number of sulfonamides is 1. The first-order chi connectivity index (χ1) is 16.7. The Bertz CT molecular complexity index is 1190. The van der Waals surface area contributed by atoms with E-state index in [9.17, 15) is 18.0 Å². The monoisotopic (exact) mass is 537 g/mol. The van der Waals surface area contributed by atoms with Gasteiger partial charge in [-0.05, 0) is 57.9 Å². The lowest BCUT2D eigenvalue weighted by Crippen LogP contribution is -2.55. The van der Waals surface area contributed by atoms with Crippen LogP contribution >= 0.6 is 11.6 Å². The average Bonchev–Trinajstić information content (AvgIpc) is 2.75. The van der Waals surface area contributed by atoms with Crippen molar-refractivity contribution in [3.05, 3.63) is 58.6 Å². The van der Waals surface area contributed by atoms with Crippen LogP contribution in [-0.4, -0.2) is 56.6 Å². The topological polar surface area (TPSA) is 96.0 Å². The summed E-state index contributed by atoms with van der Waals surface area (Å²) < 4.78 is 31.9. The first-order valence-corrected chi connectivity index (χ1v) is 13.9. The lowest BCUT2D eigenvalue weighted by molar-refractivity contribution is -0.141. The molecule has 0 aliphatic carbocycles. The Balaban J connectivity index is 2.53. The largest absolute Gasteiger partial charge is 0.495 e. The molecule has 0 fully saturated rings. The van der Waals surface area contributed by atoms with Gasteiger partial charge in [0.05, 0.1) is 19.1 Å². The molecule has 1 unspecified atom stereocenters. The highest BCUT2D eigenvalue weighted by Crippen LogP contribution is 2.33. The summed E-state index contributed by atoms with van der Waals surface area (Å²) in [4.78, 5) is 28.4. The van der Waals surface area contributed by atoms with Crippen LogP contribution < -0.4 is 14.4 Å². The first-order valence-electron chi connectivity index (χ1n) is 11.6. The van der Waals surface area contributed by atoms with E-state index in [0.717, 1.165) is 21.7 Å². The first kappa shape index (κ1) is 29.5. The number of hydrogen-bond donors (Lipinski definition) is 1. The highest BCUT2D eigenvalue weighted by molar-refractivity contribution is 7.92. The predicted molar refractivity (Wildman–Crippen MR) is 144 cm³/mol. The smallest absolute Gasteiger partial charge is 0.244 e. The minimum atomic E-state index is -3.91. The molecule has 198 valence electrons. The minimum absolute atomic E-state index is 0.140. The Kier molecular flexibility index (Phi) is 9.79. The van der Waals surface area contributed by atoms with E-state index in [-0.39, 0.29) is 23.9 Å². The summed E-state index contributed by atoms with van der Waals surface area (Å²) in [5, 5.41) is 3.23. The van der Waals surface area contributed by atoms with Gasteiger partial charge < -0.3 is 15.0 Å². The van der Waals surface area contributed by atoms with Gasteiger partial charge in [-0.2, -0.15) is 0 Å². The number of rotatable bonds is 10. The van der Waals surface area contributed by atoms with Crippen molar-refractivity contribution in [3.8, 4) is 5.75 Å². The fraction of sp³-hybridized carbons (Fsp3) is 0.462. The van der Waals surface area contributed by atoms with Crippen LogP contribution in [0.5, 0.6) is 5.75 Å². The van der Waals surface area contributed by atoms with Crippen LogP contribution in [0.2, 0.25) is 5.02 Å². The number of amides is 2. The number of carbonyl (C=O) groups excluding carboxylic acids is 2. The Hall–Kier alpha value is -2.78. The fourth-order valence-corrected chi connectivity index (χ4v) is 4.84. The van der Waals surface area contributed by atoms with Crippen molar-refractivity contribution in [2.24, 2.45) is 0 Å². The average molecular weight is 538 g/mol. The van der Waals surface area contributed by atoms with E-state index in [1.54, 1.807) is 6.07 Å². The molecule has 0 bridgehead atoms. The van der Waals surface area contributed by atoms with E-state index in [1.165, 1.54) is 24.1 Å². The molecule has 0 heterocycles. The molecule has 0 saturated carbocycles. The molecule has 2 aromatic rings. The number of nitrogens with one attached hydrogen (secondary N) is 1. The van der Waals surface area contributed by atoms with Crippen molar-refractivity contribution >= 4 is 39.1 Å². The van der Waals surface area contributed by atoms with E-state index in [1.807, 2.05) is 58.9 Å². The Morgan fingerprint density at radius 2 is 1.81 bits per heavy atom. The van der Waals surface area contributed by atoms with Gasteiger partial charge in [0.15, 0.2) is 0 Å². The molecule has 2 aromatic carbocycles. The van der Waals surface area contributed by atoms with Gasteiger partial charge in [0.25, 0.3) is 0 Å². The van der Waals surface area contributed by atoms with Gasteiger partial charge in [-0.3, -0.25) is 13.9 Å². The normalized spacial score (nSPS) is 12.6. The van der Waals surface area contributed by atoms with Gasteiger partial charge >= 0.3 is 0 Å². The summed E-state index contributed by atoms with van der Waals surface area (Å²) in [5.41, 5.74) is 1.48. The van der Waals surface area contributed by atoms with Gasteiger partial charge in [0, 0.05) is 17.1 Å². The third-order valence-corrected chi connectivity index (χ3v) is 6.77. The number of aryl methyl sites for hydroxylation is 1. The van der Waals surface area contributed by atoms with Crippen LogP contribution in [-0.2, 0) is 26.2 Å². The molecule has 0 radical (unpaired) electrons. The zero-order valence-electron chi connectivity index (χ0n) is 22.0. The summed E-state index contributed by atoms with van der Waals surface area (Å²) in [6.45, 7) is 8.96. The Labute approximate surface area is 219 Å². The Morgan fingerprint density at radius 3 is 2.33 bits per heavy atom. The molecular formula is C26H36ClN3O5S. The number of ether oxygens (including phenoxy) is 1. The summed E-state index contributed by atoms with van der Waals surface area (Å²) in [6, 6.07) is 11.4. The van der Waals surface area contributed by atoms with E-state index in [2.05, 4.69) is 5.32 Å². The van der Waals surface area contributed by atoms with Gasteiger partial charge in [-0.25, -0.2) is 8.42 Å².